The van der Waals surface area contributed by atoms with Crippen LogP contribution in [-0.2, 0) is 6.54 Å². The summed E-state index contributed by atoms with van der Waals surface area (Å²) < 4.78 is 0. The van der Waals surface area contributed by atoms with E-state index >= 15 is 0 Å². The van der Waals surface area contributed by atoms with E-state index in [0.717, 1.165) is 69.8 Å². The molecule has 39 heavy (non-hydrogen) atoms. The SMILES string of the molecule is Cc1cc(Cl)nc(C)c1C(=O)N1CCC(C)(N2CCC(N(Cc3ccsc3)/C(=C/C#N)NC3CC3)CC2)CC1. The molecule has 4 heterocycles. The van der Waals surface area contributed by atoms with Crippen molar-refractivity contribution in [3.8, 4) is 6.07 Å². The number of nitrogens with one attached hydrogen (secondary N) is 1. The summed E-state index contributed by atoms with van der Waals surface area (Å²) in [6, 6.07) is 7.14. The van der Waals surface area contributed by atoms with Crippen molar-refractivity contribution in [3.05, 3.63) is 62.3 Å². The van der Waals surface area contributed by atoms with Gasteiger partial charge in [-0.2, -0.15) is 16.6 Å². The lowest BCUT2D eigenvalue weighted by molar-refractivity contribution is 0.00419. The van der Waals surface area contributed by atoms with Gasteiger partial charge < -0.3 is 15.1 Å². The number of nitriles is 1. The lowest BCUT2D eigenvalue weighted by atomic mass is 9.85. The minimum Gasteiger partial charge on any atom is -0.368 e. The minimum atomic E-state index is 0.0685. The number of hydrogen-bond acceptors (Lipinski definition) is 7. The lowest BCUT2D eigenvalue weighted by Gasteiger charge is -2.50. The fourth-order valence-electron chi connectivity index (χ4n) is 6.19. The van der Waals surface area contributed by atoms with Crippen LogP contribution < -0.4 is 5.32 Å². The van der Waals surface area contributed by atoms with E-state index in [1.54, 1.807) is 23.5 Å². The summed E-state index contributed by atoms with van der Waals surface area (Å²) in [4.78, 5) is 24.8. The quantitative estimate of drug-likeness (QED) is 0.336. The Balaban J connectivity index is 1.21. The standard InChI is InChI=1S/C30H39ClN6OS/c1-21-18-26(31)33-22(2)28(21)29(38)35-15-10-30(3,11-16-35)36-13-7-25(8-14-36)37(19-23-9-17-39-20-23)27(6-12-32)34-24-4-5-24/h6,9,17-18,20,24-25,34H,4-5,7-8,10-11,13-16,19H2,1-3H3/b27-6+. The predicted molar refractivity (Wildman–Crippen MR) is 157 cm³/mol. The van der Waals surface area contributed by atoms with Crippen LogP contribution in [0.1, 0.15) is 72.6 Å². The van der Waals surface area contributed by atoms with E-state index in [1.165, 1.54) is 18.4 Å². The van der Waals surface area contributed by atoms with Gasteiger partial charge in [-0.3, -0.25) is 9.69 Å². The van der Waals surface area contributed by atoms with E-state index in [0.29, 0.717) is 28.5 Å². The Bertz CT molecular complexity index is 1210. The first-order valence-corrected chi connectivity index (χ1v) is 15.4. The Kier molecular flexibility index (Phi) is 8.51. The molecular weight excluding hydrogens is 528 g/mol. The zero-order valence-corrected chi connectivity index (χ0v) is 24.8. The highest BCUT2D eigenvalue weighted by Crippen LogP contribution is 2.34. The maximum atomic E-state index is 13.4. The van der Waals surface area contributed by atoms with Crippen molar-refractivity contribution in [3.63, 3.8) is 0 Å². The minimum absolute atomic E-state index is 0.0685. The number of hydrogen-bond donors (Lipinski definition) is 1. The molecule has 0 atom stereocenters. The molecule has 7 nitrogen and oxygen atoms in total. The first-order chi connectivity index (χ1) is 18.8. The van der Waals surface area contributed by atoms with Crippen LogP contribution in [0.25, 0.3) is 0 Å². The van der Waals surface area contributed by atoms with Crippen LogP contribution in [0.5, 0.6) is 0 Å². The number of likely N-dealkylation sites (tertiary alicyclic amines) is 2. The number of pyridine rings is 1. The van der Waals surface area contributed by atoms with Gasteiger partial charge in [-0.05, 0) is 93.3 Å². The van der Waals surface area contributed by atoms with Crippen molar-refractivity contribution in [2.24, 2.45) is 0 Å². The zero-order chi connectivity index (χ0) is 27.6. The van der Waals surface area contributed by atoms with Crippen molar-refractivity contribution in [1.82, 2.24) is 25.0 Å². The second-order valence-electron chi connectivity index (χ2n) is 11.6. The van der Waals surface area contributed by atoms with E-state index in [1.807, 2.05) is 18.7 Å². The van der Waals surface area contributed by atoms with Crippen LogP contribution in [0.4, 0.5) is 0 Å². The number of carbonyl (C=O) groups excluding carboxylic acids is 1. The zero-order valence-electron chi connectivity index (χ0n) is 23.3. The van der Waals surface area contributed by atoms with Gasteiger partial charge in [0.05, 0.1) is 23.4 Å². The van der Waals surface area contributed by atoms with Crippen LogP contribution in [0.3, 0.4) is 0 Å². The van der Waals surface area contributed by atoms with Crippen molar-refractivity contribution >= 4 is 28.8 Å². The van der Waals surface area contributed by atoms with Crippen molar-refractivity contribution in [1.29, 1.82) is 5.26 Å². The number of rotatable bonds is 8. The molecule has 3 aliphatic rings. The molecule has 2 aliphatic heterocycles. The maximum absolute atomic E-state index is 13.4. The number of allylic oxidation sites excluding steroid dienone is 1. The van der Waals surface area contributed by atoms with E-state index in [4.69, 9.17) is 11.6 Å². The molecule has 208 valence electrons. The Morgan fingerprint density at radius 3 is 2.56 bits per heavy atom. The van der Waals surface area contributed by atoms with Crippen LogP contribution >= 0.6 is 22.9 Å². The smallest absolute Gasteiger partial charge is 0.255 e. The second-order valence-corrected chi connectivity index (χ2v) is 12.7. The number of aryl methyl sites for hydroxylation is 2. The summed E-state index contributed by atoms with van der Waals surface area (Å²) in [6.45, 7) is 10.6. The molecule has 1 aliphatic carbocycles. The summed E-state index contributed by atoms with van der Waals surface area (Å²) in [5.41, 5.74) is 3.67. The Hall–Kier alpha value is -2.60. The van der Waals surface area contributed by atoms with Crippen LogP contribution in [0.2, 0.25) is 5.15 Å². The predicted octanol–water partition coefficient (Wildman–Crippen LogP) is 5.49. The average molecular weight is 567 g/mol. The third-order valence-electron chi connectivity index (χ3n) is 8.75. The molecule has 5 rings (SSSR count). The second kappa shape index (κ2) is 11.9. The molecule has 0 spiro atoms. The number of piperidine rings is 2. The molecule has 1 amide bonds. The first-order valence-electron chi connectivity index (χ1n) is 14.1. The van der Waals surface area contributed by atoms with E-state index in [2.05, 4.69) is 49.9 Å². The fraction of sp³-hybridized carbons (Fsp3) is 0.567. The highest BCUT2D eigenvalue weighted by Gasteiger charge is 2.40. The topological polar surface area (TPSA) is 75.5 Å². The molecule has 0 unspecified atom stereocenters. The van der Waals surface area contributed by atoms with Gasteiger partial charge in [0.1, 0.15) is 11.0 Å². The monoisotopic (exact) mass is 566 g/mol. The van der Waals surface area contributed by atoms with Crippen LogP contribution in [0, 0.1) is 25.2 Å². The Morgan fingerprint density at radius 1 is 1.26 bits per heavy atom. The molecule has 0 aromatic carbocycles. The molecule has 9 heteroatoms. The molecule has 0 bridgehead atoms. The normalized spacial score (nSPS) is 20.5. The fourth-order valence-corrected chi connectivity index (χ4v) is 7.14. The van der Waals surface area contributed by atoms with Gasteiger partial charge in [0.25, 0.3) is 5.91 Å². The number of carbonyl (C=O) groups is 1. The Morgan fingerprint density at radius 2 is 1.97 bits per heavy atom. The molecule has 1 N–H and O–H groups in total. The van der Waals surface area contributed by atoms with Gasteiger partial charge in [0, 0.05) is 50.3 Å². The van der Waals surface area contributed by atoms with Crippen LogP contribution in [-0.4, -0.2) is 69.4 Å². The van der Waals surface area contributed by atoms with Crippen molar-refractivity contribution in [2.75, 3.05) is 26.2 Å². The van der Waals surface area contributed by atoms with Gasteiger partial charge in [-0.15, -0.1) is 0 Å². The largest absolute Gasteiger partial charge is 0.368 e. The van der Waals surface area contributed by atoms with E-state index < -0.39 is 0 Å². The van der Waals surface area contributed by atoms with Crippen LogP contribution in [0.15, 0.2) is 34.8 Å². The molecule has 3 fully saturated rings. The summed E-state index contributed by atoms with van der Waals surface area (Å²) in [5.74, 6) is 1.05. The number of thiophene rings is 1. The van der Waals surface area contributed by atoms with Gasteiger partial charge >= 0.3 is 0 Å². The first kappa shape index (κ1) is 27.9. The molecule has 2 aromatic rings. The molecular formula is C30H39ClN6OS. The van der Waals surface area contributed by atoms with Crippen molar-refractivity contribution in [2.45, 2.75) is 83.5 Å². The summed E-state index contributed by atoms with van der Waals surface area (Å²) in [7, 11) is 0. The molecule has 2 saturated heterocycles. The number of amides is 1. The van der Waals surface area contributed by atoms with Gasteiger partial charge in [-0.1, -0.05) is 11.6 Å². The molecule has 0 radical (unpaired) electrons. The third kappa shape index (κ3) is 6.42. The summed E-state index contributed by atoms with van der Waals surface area (Å²) in [6.07, 6.45) is 8.11. The molecule has 2 aromatic heterocycles. The number of nitrogens with zero attached hydrogens (tertiary/aromatic N) is 5. The summed E-state index contributed by atoms with van der Waals surface area (Å²) >= 11 is 7.82. The van der Waals surface area contributed by atoms with E-state index in [-0.39, 0.29) is 11.4 Å². The number of aromatic nitrogens is 1. The highest BCUT2D eigenvalue weighted by atomic mass is 35.5. The number of halogens is 1. The van der Waals surface area contributed by atoms with Gasteiger partial charge in [-0.25, -0.2) is 4.98 Å². The Labute approximate surface area is 241 Å². The molecule has 1 saturated carbocycles. The average Bonchev–Trinajstić information content (AvgIpc) is 3.58. The highest BCUT2D eigenvalue weighted by molar-refractivity contribution is 7.07. The third-order valence-corrected chi connectivity index (χ3v) is 9.68. The van der Waals surface area contributed by atoms with Crippen molar-refractivity contribution < 1.29 is 4.79 Å². The summed E-state index contributed by atoms with van der Waals surface area (Å²) in [5, 5.41) is 17.9. The van der Waals surface area contributed by atoms with E-state index in [9.17, 15) is 10.1 Å². The lowest BCUT2D eigenvalue weighted by Crippen LogP contribution is -2.58. The maximum Gasteiger partial charge on any atom is 0.255 e. The van der Waals surface area contributed by atoms with Gasteiger partial charge in [0.15, 0.2) is 0 Å². The van der Waals surface area contributed by atoms with Gasteiger partial charge in [0.2, 0.25) is 0 Å².